The van der Waals surface area contributed by atoms with Crippen LogP contribution >= 0.6 is 0 Å². The van der Waals surface area contributed by atoms with Gasteiger partial charge in [0, 0.05) is 22.8 Å². The number of rotatable bonds is 1. The Labute approximate surface area is 159 Å². The van der Waals surface area contributed by atoms with Gasteiger partial charge in [-0.1, -0.05) is 32.0 Å². The van der Waals surface area contributed by atoms with Crippen molar-refractivity contribution in [2.45, 2.75) is 58.7 Å². The second-order valence-corrected chi connectivity index (χ2v) is 9.36. The highest BCUT2D eigenvalue weighted by Crippen LogP contribution is 2.55. The minimum absolute atomic E-state index is 0.107. The smallest absolute Gasteiger partial charge is 0.250 e. The summed E-state index contributed by atoms with van der Waals surface area (Å²) in [6.07, 6.45) is 0. The maximum Gasteiger partial charge on any atom is 0.250 e. The van der Waals surface area contributed by atoms with Crippen LogP contribution in [-0.4, -0.2) is 34.2 Å². The Morgan fingerprint density at radius 2 is 1.78 bits per heavy atom. The third-order valence-corrected chi connectivity index (χ3v) is 6.28. The quantitative estimate of drug-likeness (QED) is 0.744. The van der Waals surface area contributed by atoms with Crippen molar-refractivity contribution >= 4 is 23.4 Å². The SMILES string of the molecule is Cc1cccc2c1NC(=O)[C@]21N[C@@H](C(C)C)[C@H]2C(=O)N(C(C)(C)C)C(=O)[C@H]21. The first kappa shape index (κ1) is 18.2. The number of carbonyl (C=O) groups is 3. The van der Waals surface area contributed by atoms with Gasteiger partial charge in [0.15, 0.2) is 0 Å². The molecule has 0 aromatic heterocycles. The van der Waals surface area contributed by atoms with Crippen LogP contribution in [0.2, 0.25) is 0 Å². The number of nitrogens with one attached hydrogen (secondary N) is 2. The van der Waals surface area contributed by atoms with Crippen LogP contribution in [0.25, 0.3) is 0 Å². The van der Waals surface area contributed by atoms with E-state index in [0.29, 0.717) is 0 Å². The molecule has 6 heteroatoms. The van der Waals surface area contributed by atoms with E-state index in [-0.39, 0.29) is 29.7 Å². The van der Waals surface area contributed by atoms with Gasteiger partial charge < -0.3 is 5.32 Å². The number of fused-ring (bicyclic) bond motifs is 4. The molecular weight excluding hydrogens is 342 g/mol. The molecule has 3 amide bonds. The molecule has 2 saturated heterocycles. The van der Waals surface area contributed by atoms with Crippen LogP contribution in [0, 0.1) is 24.7 Å². The lowest BCUT2D eigenvalue weighted by atomic mass is 9.75. The summed E-state index contributed by atoms with van der Waals surface area (Å²) in [5.74, 6) is -1.81. The normalized spacial score (nSPS) is 32.5. The predicted octanol–water partition coefficient (Wildman–Crippen LogP) is 2.17. The summed E-state index contributed by atoms with van der Waals surface area (Å²) >= 11 is 0. The zero-order valence-corrected chi connectivity index (χ0v) is 16.7. The minimum atomic E-state index is -1.19. The maximum absolute atomic E-state index is 13.5. The van der Waals surface area contributed by atoms with Gasteiger partial charge in [0.2, 0.25) is 17.7 Å². The number of amides is 3. The number of nitrogens with zero attached hydrogens (tertiary/aromatic N) is 1. The average molecular weight is 369 g/mol. The number of hydrogen-bond acceptors (Lipinski definition) is 4. The molecule has 1 aromatic carbocycles. The molecule has 1 spiro atoms. The fourth-order valence-corrected chi connectivity index (χ4v) is 5.14. The van der Waals surface area contributed by atoms with E-state index in [1.54, 1.807) is 0 Å². The van der Waals surface area contributed by atoms with Crippen LogP contribution in [0.15, 0.2) is 18.2 Å². The van der Waals surface area contributed by atoms with Crippen molar-refractivity contribution in [1.29, 1.82) is 0 Å². The zero-order valence-electron chi connectivity index (χ0n) is 16.7. The topological polar surface area (TPSA) is 78.5 Å². The van der Waals surface area contributed by atoms with Crippen LogP contribution in [0.4, 0.5) is 5.69 Å². The average Bonchev–Trinajstić information content (AvgIpc) is 3.13. The molecule has 144 valence electrons. The number of likely N-dealkylation sites (tertiary alicyclic amines) is 1. The van der Waals surface area contributed by atoms with Gasteiger partial charge in [-0.3, -0.25) is 24.6 Å². The lowest BCUT2D eigenvalue weighted by Gasteiger charge is -2.35. The van der Waals surface area contributed by atoms with Crippen molar-refractivity contribution in [3.05, 3.63) is 29.3 Å². The van der Waals surface area contributed by atoms with E-state index in [4.69, 9.17) is 0 Å². The van der Waals surface area contributed by atoms with Crippen LogP contribution in [-0.2, 0) is 19.9 Å². The predicted molar refractivity (Wildman–Crippen MR) is 102 cm³/mol. The minimum Gasteiger partial charge on any atom is -0.324 e. The molecule has 0 saturated carbocycles. The first-order valence-electron chi connectivity index (χ1n) is 9.59. The number of imide groups is 1. The van der Waals surface area contributed by atoms with E-state index >= 15 is 0 Å². The third-order valence-electron chi connectivity index (χ3n) is 6.28. The van der Waals surface area contributed by atoms with Crippen LogP contribution < -0.4 is 10.6 Å². The van der Waals surface area contributed by atoms with Crippen LogP contribution in [0.3, 0.4) is 0 Å². The Kier molecular flexibility index (Phi) is 3.64. The van der Waals surface area contributed by atoms with E-state index in [9.17, 15) is 14.4 Å². The fourth-order valence-electron chi connectivity index (χ4n) is 5.14. The van der Waals surface area contributed by atoms with Crippen molar-refractivity contribution < 1.29 is 14.4 Å². The molecule has 3 aliphatic heterocycles. The summed E-state index contributed by atoms with van der Waals surface area (Å²) in [6, 6.07) is 5.49. The Balaban J connectivity index is 1.95. The highest BCUT2D eigenvalue weighted by atomic mass is 16.2. The van der Waals surface area contributed by atoms with Gasteiger partial charge in [-0.05, 0) is 39.2 Å². The lowest BCUT2D eigenvalue weighted by molar-refractivity contribution is -0.148. The Hall–Kier alpha value is -2.21. The van der Waals surface area contributed by atoms with Gasteiger partial charge in [0.25, 0.3) is 0 Å². The monoisotopic (exact) mass is 369 g/mol. The zero-order chi connectivity index (χ0) is 19.9. The van der Waals surface area contributed by atoms with E-state index in [0.717, 1.165) is 16.8 Å². The number of carbonyl (C=O) groups excluding carboxylic acids is 3. The molecule has 0 unspecified atom stereocenters. The van der Waals surface area contributed by atoms with Crippen molar-refractivity contribution in [3.8, 4) is 0 Å². The van der Waals surface area contributed by atoms with Gasteiger partial charge in [0.1, 0.15) is 5.54 Å². The maximum atomic E-state index is 13.5. The Morgan fingerprint density at radius 3 is 2.37 bits per heavy atom. The van der Waals surface area contributed by atoms with E-state index < -0.39 is 22.9 Å². The van der Waals surface area contributed by atoms with Gasteiger partial charge in [-0.2, -0.15) is 0 Å². The van der Waals surface area contributed by atoms with Gasteiger partial charge in [0.05, 0.1) is 11.8 Å². The standard InChI is InChI=1S/C21H27N3O3/c1-10(2)15-13-14(18(26)24(17(13)25)20(4,5)6)21(23-15)12-9-7-8-11(3)16(12)22-19(21)27/h7-10,13-15,23H,1-6H3,(H,22,27)/t13-,14-,15-,21-/m0/s1. The number of hydrogen-bond donors (Lipinski definition) is 2. The summed E-state index contributed by atoms with van der Waals surface area (Å²) in [5.41, 5.74) is 0.683. The van der Waals surface area contributed by atoms with Crippen molar-refractivity contribution in [3.63, 3.8) is 0 Å². The molecule has 0 bridgehead atoms. The fraction of sp³-hybridized carbons (Fsp3) is 0.571. The molecule has 27 heavy (non-hydrogen) atoms. The van der Waals surface area contributed by atoms with Crippen molar-refractivity contribution in [2.75, 3.05) is 5.32 Å². The first-order valence-corrected chi connectivity index (χ1v) is 9.59. The molecule has 2 N–H and O–H groups in total. The molecule has 3 aliphatic rings. The molecule has 3 heterocycles. The molecule has 1 aromatic rings. The van der Waals surface area contributed by atoms with Crippen molar-refractivity contribution in [2.24, 2.45) is 17.8 Å². The van der Waals surface area contributed by atoms with Crippen LogP contribution in [0.1, 0.15) is 45.7 Å². The van der Waals surface area contributed by atoms with E-state index in [1.807, 2.05) is 59.7 Å². The molecule has 0 radical (unpaired) electrons. The highest BCUT2D eigenvalue weighted by Gasteiger charge is 2.71. The Bertz CT molecular complexity index is 870. The molecule has 4 rings (SSSR count). The summed E-state index contributed by atoms with van der Waals surface area (Å²) in [7, 11) is 0. The lowest BCUT2D eigenvalue weighted by Crippen LogP contribution is -2.56. The Morgan fingerprint density at radius 1 is 1.11 bits per heavy atom. The largest absolute Gasteiger partial charge is 0.324 e. The molecule has 0 aliphatic carbocycles. The van der Waals surface area contributed by atoms with E-state index in [1.165, 1.54) is 4.90 Å². The summed E-state index contributed by atoms with van der Waals surface area (Å²) in [6.45, 7) is 11.6. The summed E-state index contributed by atoms with van der Waals surface area (Å²) in [5, 5.41) is 6.43. The van der Waals surface area contributed by atoms with Crippen molar-refractivity contribution in [1.82, 2.24) is 10.2 Å². The number of aryl methyl sites for hydroxylation is 1. The molecule has 6 nitrogen and oxygen atoms in total. The van der Waals surface area contributed by atoms with Crippen LogP contribution in [0.5, 0.6) is 0 Å². The second-order valence-electron chi connectivity index (χ2n) is 9.36. The van der Waals surface area contributed by atoms with Gasteiger partial charge in [-0.25, -0.2) is 0 Å². The number of benzene rings is 1. The summed E-state index contributed by atoms with van der Waals surface area (Å²) < 4.78 is 0. The molecule has 4 atom stereocenters. The van der Waals surface area contributed by atoms with E-state index in [2.05, 4.69) is 10.6 Å². The highest BCUT2D eigenvalue weighted by molar-refractivity contribution is 6.15. The number of anilines is 1. The number of para-hydroxylation sites is 1. The third kappa shape index (κ3) is 2.13. The molecule has 2 fully saturated rings. The first-order chi connectivity index (χ1) is 12.5. The second kappa shape index (κ2) is 5.41. The summed E-state index contributed by atoms with van der Waals surface area (Å²) in [4.78, 5) is 41.5. The molecular formula is C21H27N3O3. The van der Waals surface area contributed by atoms with Gasteiger partial charge >= 0.3 is 0 Å². The van der Waals surface area contributed by atoms with Gasteiger partial charge in [-0.15, -0.1) is 0 Å².